The molecule has 1 aliphatic rings. The quantitative estimate of drug-likeness (QED) is 0.816. The molecule has 0 radical (unpaired) electrons. The molecule has 24 heavy (non-hydrogen) atoms. The molecule has 1 aromatic carbocycles. The molecule has 1 amide bonds. The topological polar surface area (TPSA) is 32.8 Å². The van der Waals surface area contributed by atoms with Crippen LogP contribution in [0.15, 0.2) is 35.0 Å². The van der Waals surface area contributed by atoms with E-state index >= 15 is 0 Å². The molecule has 2 heterocycles. The highest BCUT2D eigenvalue weighted by molar-refractivity contribution is 7.08. The highest BCUT2D eigenvalue weighted by atomic mass is 35.5. The maximum absolute atomic E-state index is 12.4. The van der Waals surface area contributed by atoms with E-state index in [4.69, 9.17) is 16.3 Å². The van der Waals surface area contributed by atoms with Crippen LogP contribution >= 0.6 is 22.9 Å². The summed E-state index contributed by atoms with van der Waals surface area (Å²) in [6, 6.07) is 7.71. The minimum Gasteiger partial charge on any atom is -0.496 e. The molecule has 2 aromatic rings. The summed E-state index contributed by atoms with van der Waals surface area (Å²) >= 11 is 7.73. The van der Waals surface area contributed by atoms with Gasteiger partial charge in [-0.05, 0) is 40.6 Å². The van der Waals surface area contributed by atoms with E-state index in [1.54, 1.807) is 18.4 Å². The minimum atomic E-state index is 0.216. The third-order valence-corrected chi connectivity index (χ3v) is 5.26. The fourth-order valence-corrected chi connectivity index (χ4v) is 3.81. The molecule has 0 aliphatic carbocycles. The first kappa shape index (κ1) is 17.3. The van der Waals surface area contributed by atoms with Crippen LogP contribution in [0.5, 0.6) is 5.75 Å². The zero-order valence-electron chi connectivity index (χ0n) is 13.7. The van der Waals surface area contributed by atoms with Crippen LogP contribution in [0.3, 0.4) is 0 Å². The van der Waals surface area contributed by atoms with E-state index in [1.165, 1.54) is 0 Å². The molecule has 0 bridgehead atoms. The lowest BCUT2D eigenvalue weighted by molar-refractivity contribution is -0.132. The molecule has 6 heteroatoms. The molecule has 1 saturated heterocycles. The Labute approximate surface area is 151 Å². The fourth-order valence-electron chi connectivity index (χ4n) is 2.95. The Morgan fingerprint density at radius 1 is 1.25 bits per heavy atom. The van der Waals surface area contributed by atoms with E-state index in [-0.39, 0.29) is 5.91 Å². The first-order valence-electron chi connectivity index (χ1n) is 7.99. The Bertz CT molecular complexity index is 682. The third-order valence-electron chi connectivity index (χ3n) is 4.30. The summed E-state index contributed by atoms with van der Waals surface area (Å²) in [5.74, 6) is 1.07. The van der Waals surface area contributed by atoms with Gasteiger partial charge in [-0.25, -0.2) is 0 Å². The molecule has 0 unspecified atom stereocenters. The van der Waals surface area contributed by atoms with Crippen LogP contribution in [0.4, 0.5) is 0 Å². The van der Waals surface area contributed by atoms with E-state index in [0.717, 1.165) is 54.6 Å². The van der Waals surface area contributed by atoms with Gasteiger partial charge in [0.2, 0.25) is 5.91 Å². The number of ether oxygens (including phenoxy) is 1. The average molecular weight is 365 g/mol. The molecule has 0 N–H and O–H groups in total. The SMILES string of the molecule is COc1ccc(Cl)cc1CN1CCN(C(=O)Cc2ccsc2)CC1. The lowest BCUT2D eigenvalue weighted by Gasteiger charge is -2.35. The van der Waals surface area contributed by atoms with Crippen molar-refractivity contribution in [1.29, 1.82) is 0 Å². The largest absolute Gasteiger partial charge is 0.496 e. The fraction of sp³-hybridized carbons (Fsp3) is 0.389. The zero-order valence-corrected chi connectivity index (χ0v) is 15.3. The van der Waals surface area contributed by atoms with Gasteiger partial charge in [0.05, 0.1) is 13.5 Å². The number of thiophene rings is 1. The minimum absolute atomic E-state index is 0.216. The van der Waals surface area contributed by atoms with Crippen molar-refractivity contribution in [3.8, 4) is 5.75 Å². The number of carbonyl (C=O) groups is 1. The Balaban J connectivity index is 1.54. The second-order valence-corrected chi connectivity index (χ2v) is 7.14. The number of benzene rings is 1. The van der Waals surface area contributed by atoms with Gasteiger partial charge in [-0.15, -0.1) is 0 Å². The number of amides is 1. The van der Waals surface area contributed by atoms with Crippen LogP contribution in [0, 0.1) is 0 Å². The van der Waals surface area contributed by atoms with Crippen molar-refractivity contribution >= 4 is 28.8 Å². The monoisotopic (exact) mass is 364 g/mol. The lowest BCUT2D eigenvalue weighted by Crippen LogP contribution is -2.48. The van der Waals surface area contributed by atoms with E-state index in [0.29, 0.717) is 6.42 Å². The number of methoxy groups -OCH3 is 1. The molecular formula is C18H21ClN2O2S. The van der Waals surface area contributed by atoms with Gasteiger partial charge < -0.3 is 9.64 Å². The summed E-state index contributed by atoms with van der Waals surface area (Å²) in [5.41, 5.74) is 2.19. The summed E-state index contributed by atoms with van der Waals surface area (Å²) in [6.45, 7) is 4.06. The van der Waals surface area contributed by atoms with Crippen LogP contribution in [-0.2, 0) is 17.8 Å². The van der Waals surface area contributed by atoms with Gasteiger partial charge in [-0.3, -0.25) is 9.69 Å². The van der Waals surface area contributed by atoms with Crippen LogP contribution in [0.25, 0.3) is 0 Å². The second-order valence-electron chi connectivity index (χ2n) is 5.92. The number of rotatable bonds is 5. The number of nitrogens with zero attached hydrogens (tertiary/aromatic N) is 2. The summed E-state index contributed by atoms with van der Waals surface area (Å²) in [7, 11) is 1.67. The molecule has 1 fully saturated rings. The lowest BCUT2D eigenvalue weighted by atomic mass is 10.1. The number of halogens is 1. The van der Waals surface area contributed by atoms with E-state index in [1.807, 2.05) is 39.9 Å². The third kappa shape index (κ3) is 4.29. The molecule has 4 nitrogen and oxygen atoms in total. The molecule has 1 aliphatic heterocycles. The molecular weight excluding hydrogens is 344 g/mol. The van der Waals surface area contributed by atoms with Crippen molar-refractivity contribution < 1.29 is 9.53 Å². The summed E-state index contributed by atoms with van der Waals surface area (Å²) < 4.78 is 5.41. The van der Waals surface area contributed by atoms with Gasteiger partial charge in [0.25, 0.3) is 0 Å². The Morgan fingerprint density at radius 2 is 2.04 bits per heavy atom. The first-order chi connectivity index (χ1) is 11.7. The second kappa shape index (κ2) is 8.01. The number of hydrogen-bond acceptors (Lipinski definition) is 4. The summed E-state index contributed by atoms with van der Waals surface area (Å²) in [5, 5.41) is 4.77. The van der Waals surface area contributed by atoms with E-state index < -0.39 is 0 Å². The van der Waals surface area contributed by atoms with Crippen LogP contribution in [0.1, 0.15) is 11.1 Å². The zero-order chi connectivity index (χ0) is 16.9. The van der Waals surface area contributed by atoms with Crippen LogP contribution in [0.2, 0.25) is 5.02 Å². The normalized spacial score (nSPS) is 15.5. The highest BCUT2D eigenvalue weighted by Crippen LogP contribution is 2.24. The number of piperazine rings is 1. The van der Waals surface area contributed by atoms with Crippen molar-refractivity contribution in [2.24, 2.45) is 0 Å². The Morgan fingerprint density at radius 3 is 2.71 bits per heavy atom. The van der Waals surface area contributed by atoms with E-state index in [2.05, 4.69) is 4.90 Å². The first-order valence-corrected chi connectivity index (χ1v) is 9.31. The maximum atomic E-state index is 12.4. The molecule has 0 spiro atoms. The van der Waals surface area contributed by atoms with Crippen molar-refractivity contribution in [3.63, 3.8) is 0 Å². The highest BCUT2D eigenvalue weighted by Gasteiger charge is 2.22. The smallest absolute Gasteiger partial charge is 0.227 e. The van der Waals surface area contributed by atoms with Crippen molar-refractivity contribution in [2.75, 3.05) is 33.3 Å². The molecule has 3 rings (SSSR count). The molecule has 0 atom stereocenters. The van der Waals surface area contributed by atoms with Crippen molar-refractivity contribution in [2.45, 2.75) is 13.0 Å². The predicted octanol–water partition coefficient (Wildman–Crippen LogP) is 3.30. The van der Waals surface area contributed by atoms with Gasteiger partial charge in [0.15, 0.2) is 0 Å². The summed E-state index contributed by atoms with van der Waals surface area (Å²) in [6.07, 6.45) is 0.506. The van der Waals surface area contributed by atoms with Gasteiger partial charge in [-0.1, -0.05) is 11.6 Å². The molecule has 0 saturated carbocycles. The van der Waals surface area contributed by atoms with Gasteiger partial charge >= 0.3 is 0 Å². The van der Waals surface area contributed by atoms with Gasteiger partial charge in [-0.2, -0.15) is 11.3 Å². The Hall–Kier alpha value is -1.56. The standard InChI is InChI=1S/C18H21ClN2O2S/c1-23-17-3-2-16(19)11-15(17)12-20-5-7-21(8-6-20)18(22)10-14-4-9-24-13-14/h2-4,9,11,13H,5-8,10,12H2,1H3. The van der Waals surface area contributed by atoms with Crippen molar-refractivity contribution in [3.05, 3.63) is 51.2 Å². The van der Waals surface area contributed by atoms with E-state index in [9.17, 15) is 4.79 Å². The number of carbonyl (C=O) groups excluding carboxylic acids is 1. The van der Waals surface area contributed by atoms with Gasteiger partial charge in [0, 0.05) is 43.3 Å². The van der Waals surface area contributed by atoms with Crippen molar-refractivity contribution in [1.82, 2.24) is 9.80 Å². The molecule has 128 valence electrons. The predicted molar refractivity (Wildman–Crippen MR) is 97.9 cm³/mol. The Kier molecular flexibility index (Phi) is 5.76. The number of hydrogen-bond donors (Lipinski definition) is 0. The molecule has 1 aromatic heterocycles. The van der Waals surface area contributed by atoms with Crippen LogP contribution in [-0.4, -0.2) is 49.0 Å². The summed E-state index contributed by atoms with van der Waals surface area (Å²) in [4.78, 5) is 16.6. The van der Waals surface area contributed by atoms with Crippen LogP contribution < -0.4 is 4.74 Å². The van der Waals surface area contributed by atoms with Gasteiger partial charge in [0.1, 0.15) is 5.75 Å². The maximum Gasteiger partial charge on any atom is 0.227 e. The average Bonchev–Trinajstić information content (AvgIpc) is 3.09.